The standard InChI is InChI=1S/C48H53NO16/c1-26-33(62-44(56)38(65-59)36(29-16-10-7-11-17-29)49(58)42(54)30-18-12-8-13-19-30)23-48(57)41(63-43(55)31-20-14-9-15-21-31)39-46(6,40(53)37(61-27(2)51)35(26)45(48,4)5)32(24-50)22-34-47(39,25-60-34)64-28(3)52/h7-21,32-34,36-39,41,50,57-59H,22-25H2,1-6H3/t32-,33+,34-,36+,37-,38-,39+,41+,46-,47+,48-/m1/s1. The molecule has 11 atom stereocenters. The van der Waals surface area contributed by atoms with E-state index in [1.165, 1.54) is 50.2 Å². The third-order valence-electron chi connectivity index (χ3n) is 14.1. The zero-order valence-corrected chi connectivity index (χ0v) is 36.7. The predicted molar refractivity (Wildman–Crippen MR) is 224 cm³/mol. The Balaban J connectivity index is 1.42. The Kier molecular flexibility index (Phi) is 13.0. The van der Waals surface area contributed by atoms with Gasteiger partial charge in [0.2, 0.25) is 6.10 Å². The Morgan fingerprint density at radius 2 is 1.43 bits per heavy atom. The lowest BCUT2D eigenvalue weighted by Crippen LogP contribution is -2.81. The summed E-state index contributed by atoms with van der Waals surface area (Å²) in [5.74, 6) is -8.26. The number of fused-ring (bicyclic) bond motifs is 5. The van der Waals surface area contributed by atoms with Crippen LogP contribution in [-0.2, 0) is 47.8 Å². The van der Waals surface area contributed by atoms with Crippen molar-refractivity contribution in [3.63, 3.8) is 0 Å². The molecule has 3 aliphatic carbocycles. The van der Waals surface area contributed by atoms with E-state index in [4.69, 9.17) is 28.6 Å². The summed E-state index contributed by atoms with van der Waals surface area (Å²) in [4.78, 5) is 89.3. The lowest BCUT2D eigenvalue weighted by Gasteiger charge is -2.68. The molecule has 0 aromatic heterocycles. The Morgan fingerprint density at radius 3 is 1.95 bits per heavy atom. The first-order chi connectivity index (χ1) is 30.8. The molecule has 3 aromatic carbocycles. The molecule has 3 fully saturated rings. The maximum Gasteiger partial charge on any atom is 0.341 e. The molecule has 1 amide bonds. The number of hydrogen-bond donors (Lipinski definition) is 4. The highest BCUT2D eigenvalue weighted by molar-refractivity contribution is 5.96. The van der Waals surface area contributed by atoms with Crippen LogP contribution in [0, 0.1) is 22.7 Å². The summed E-state index contributed by atoms with van der Waals surface area (Å²) in [6.07, 6.45) is -9.00. The van der Waals surface area contributed by atoms with Crippen LogP contribution in [0.3, 0.4) is 0 Å². The summed E-state index contributed by atoms with van der Waals surface area (Å²) in [6.45, 7) is 7.37. The van der Waals surface area contributed by atoms with E-state index in [1.54, 1.807) is 68.4 Å². The minimum atomic E-state index is -2.44. The minimum absolute atomic E-state index is 0.0193. The number of hydrogen-bond acceptors (Lipinski definition) is 16. The van der Waals surface area contributed by atoms with E-state index in [-0.39, 0.29) is 45.9 Å². The number of hydroxylamine groups is 2. The highest BCUT2D eigenvalue weighted by Gasteiger charge is 2.78. The van der Waals surface area contributed by atoms with E-state index in [9.17, 15) is 44.7 Å². The quantitative estimate of drug-likeness (QED) is 0.0486. The number of aliphatic hydroxyl groups is 2. The molecule has 346 valence electrons. The number of benzene rings is 3. The van der Waals surface area contributed by atoms with Crippen LogP contribution >= 0.6 is 0 Å². The molecule has 7 rings (SSSR count). The first kappa shape index (κ1) is 47.2. The molecule has 4 aliphatic rings. The lowest BCUT2D eigenvalue weighted by molar-refractivity contribution is -0.343. The number of amides is 1. The van der Waals surface area contributed by atoms with E-state index < -0.39 is 119 Å². The zero-order valence-electron chi connectivity index (χ0n) is 36.7. The molecule has 0 radical (unpaired) electrons. The number of carbonyl (C=O) groups excluding carboxylic acids is 6. The van der Waals surface area contributed by atoms with Gasteiger partial charge in [-0.25, -0.2) is 19.5 Å². The second-order valence-corrected chi connectivity index (χ2v) is 17.9. The molecule has 1 heterocycles. The minimum Gasteiger partial charge on any atom is -0.456 e. The Hall–Kier alpha value is -5.82. The van der Waals surface area contributed by atoms with Crippen molar-refractivity contribution in [1.82, 2.24) is 5.06 Å². The monoisotopic (exact) mass is 899 g/mol. The fraction of sp³-hybridized carbons (Fsp3) is 0.458. The first-order valence-electron chi connectivity index (χ1n) is 21.2. The van der Waals surface area contributed by atoms with Crippen molar-refractivity contribution < 1.29 is 78.0 Å². The topological polar surface area (TPSA) is 242 Å². The van der Waals surface area contributed by atoms with E-state index in [2.05, 4.69) is 0 Å². The van der Waals surface area contributed by atoms with Crippen molar-refractivity contribution in [2.45, 2.75) is 102 Å². The van der Waals surface area contributed by atoms with Crippen LogP contribution in [0.1, 0.15) is 86.7 Å². The molecule has 65 heavy (non-hydrogen) atoms. The second kappa shape index (κ2) is 17.9. The van der Waals surface area contributed by atoms with Gasteiger partial charge in [0.1, 0.15) is 30.0 Å². The smallest absolute Gasteiger partial charge is 0.341 e. The maximum absolute atomic E-state index is 15.7. The summed E-state index contributed by atoms with van der Waals surface area (Å²) in [5, 5.41) is 47.1. The molecule has 1 aliphatic heterocycles. The van der Waals surface area contributed by atoms with Crippen LogP contribution in [0.25, 0.3) is 0 Å². The number of rotatable bonds is 12. The third kappa shape index (κ3) is 7.83. The van der Waals surface area contributed by atoms with Gasteiger partial charge in [-0.15, -0.1) is 0 Å². The van der Waals surface area contributed by atoms with Gasteiger partial charge in [-0.2, -0.15) is 0 Å². The SMILES string of the molecule is CC(=O)O[C@H]1C(=O)[C@]2(C)[C@@H](CO)C[C@H]3OC[C@@]3(OC(C)=O)[C@H]2[C@H](OC(=O)c2ccccc2)[C@]2(O)C[C@H](OC(=O)[C@H](OO)[C@H](c3ccccc3)N(O)C(=O)c3ccccc3)C(C)=C1C2(C)C. The molecule has 1 saturated heterocycles. The molecule has 17 heteroatoms. The van der Waals surface area contributed by atoms with Crippen LogP contribution in [0.4, 0.5) is 0 Å². The van der Waals surface area contributed by atoms with Crippen molar-refractivity contribution in [2.24, 2.45) is 22.7 Å². The summed E-state index contributed by atoms with van der Waals surface area (Å²) in [5.41, 5.74) is -7.50. The van der Waals surface area contributed by atoms with E-state index in [0.717, 1.165) is 13.8 Å². The second-order valence-electron chi connectivity index (χ2n) is 17.9. The highest BCUT2D eigenvalue weighted by atomic mass is 17.1. The number of aliphatic hydroxyl groups excluding tert-OH is 1. The molecule has 3 aromatic rings. The van der Waals surface area contributed by atoms with Crippen LogP contribution in [0.15, 0.2) is 102 Å². The van der Waals surface area contributed by atoms with Crippen molar-refractivity contribution in [1.29, 1.82) is 0 Å². The van der Waals surface area contributed by atoms with Gasteiger partial charge in [0, 0.05) is 43.3 Å². The fourth-order valence-corrected chi connectivity index (χ4v) is 10.8. The van der Waals surface area contributed by atoms with E-state index in [0.29, 0.717) is 0 Å². The van der Waals surface area contributed by atoms with Gasteiger partial charge in [-0.3, -0.25) is 29.6 Å². The molecular formula is C48H53NO16. The normalized spacial score (nSPS) is 31.0. The predicted octanol–water partition coefficient (Wildman–Crippen LogP) is 4.58. The van der Waals surface area contributed by atoms with Crippen LogP contribution in [-0.4, -0.2) is 116 Å². The van der Waals surface area contributed by atoms with Gasteiger partial charge in [-0.05, 0) is 60.2 Å². The summed E-state index contributed by atoms with van der Waals surface area (Å²) >= 11 is 0. The zero-order chi connectivity index (χ0) is 47.2. The Labute approximate surface area is 374 Å². The molecule has 0 spiro atoms. The number of ketones is 1. The van der Waals surface area contributed by atoms with Crippen LogP contribution in [0.2, 0.25) is 0 Å². The Morgan fingerprint density at radius 1 is 0.846 bits per heavy atom. The van der Waals surface area contributed by atoms with Crippen molar-refractivity contribution in [3.8, 4) is 0 Å². The largest absolute Gasteiger partial charge is 0.456 e. The van der Waals surface area contributed by atoms with Gasteiger partial charge in [0.25, 0.3) is 5.91 Å². The summed E-state index contributed by atoms with van der Waals surface area (Å²) < 4.78 is 30.6. The highest BCUT2D eigenvalue weighted by Crippen LogP contribution is 2.65. The number of nitrogens with zero attached hydrogens (tertiary/aromatic N) is 1. The summed E-state index contributed by atoms with van der Waals surface area (Å²) in [6, 6.07) is 21.4. The third-order valence-corrected chi connectivity index (χ3v) is 14.1. The van der Waals surface area contributed by atoms with Crippen molar-refractivity contribution >= 4 is 35.6 Å². The molecular weight excluding hydrogens is 847 g/mol. The van der Waals surface area contributed by atoms with Gasteiger partial charge < -0.3 is 33.9 Å². The molecule has 2 bridgehead atoms. The number of carbonyl (C=O) groups is 6. The van der Waals surface area contributed by atoms with Gasteiger partial charge in [0.15, 0.2) is 17.5 Å². The van der Waals surface area contributed by atoms with Gasteiger partial charge in [-0.1, -0.05) is 87.5 Å². The molecule has 2 saturated carbocycles. The molecule has 4 N–H and O–H groups in total. The number of ether oxygens (including phenoxy) is 5. The first-order valence-corrected chi connectivity index (χ1v) is 21.2. The van der Waals surface area contributed by atoms with Crippen LogP contribution < -0.4 is 0 Å². The Bertz CT molecular complexity index is 2360. The average molecular weight is 900 g/mol. The number of esters is 4. The van der Waals surface area contributed by atoms with Gasteiger partial charge in [0.05, 0.1) is 18.1 Å². The lowest BCUT2D eigenvalue weighted by atomic mass is 9.43. The van der Waals surface area contributed by atoms with Crippen LogP contribution in [0.5, 0.6) is 0 Å². The molecule has 17 nitrogen and oxygen atoms in total. The summed E-state index contributed by atoms with van der Waals surface area (Å²) in [7, 11) is 0. The number of Topliss-reactive ketones (excluding diaryl/α,β-unsaturated/α-hetero) is 1. The van der Waals surface area contributed by atoms with Gasteiger partial charge >= 0.3 is 23.9 Å². The molecule has 0 unspecified atom stereocenters. The maximum atomic E-state index is 15.7. The van der Waals surface area contributed by atoms with E-state index in [1.807, 2.05) is 0 Å². The van der Waals surface area contributed by atoms with Crippen molar-refractivity contribution in [2.75, 3.05) is 13.2 Å². The average Bonchev–Trinajstić information content (AvgIpc) is 3.27. The van der Waals surface area contributed by atoms with E-state index >= 15 is 4.79 Å². The van der Waals surface area contributed by atoms with Crippen molar-refractivity contribution in [3.05, 3.63) is 119 Å². The fourth-order valence-electron chi connectivity index (χ4n) is 10.8.